The molecule has 2 N–H and O–H groups in total. The molecule has 4 nitrogen and oxygen atoms in total. The summed E-state index contributed by atoms with van der Waals surface area (Å²) in [5.74, 6) is -0.0392. The Morgan fingerprint density at radius 1 is 1.45 bits per heavy atom. The van der Waals surface area contributed by atoms with Gasteiger partial charge >= 0.3 is 5.97 Å². The van der Waals surface area contributed by atoms with Crippen molar-refractivity contribution in [2.24, 2.45) is 5.92 Å². The predicted molar refractivity (Wildman–Crippen MR) is 83.0 cm³/mol. The molecule has 1 aliphatic rings. The fourth-order valence-electron chi connectivity index (χ4n) is 3.59. The van der Waals surface area contributed by atoms with Crippen molar-refractivity contribution in [3.63, 3.8) is 0 Å². The van der Waals surface area contributed by atoms with Crippen LogP contribution in [0, 0.1) is 5.92 Å². The van der Waals surface area contributed by atoms with Gasteiger partial charge in [0.1, 0.15) is 5.54 Å². The van der Waals surface area contributed by atoms with Crippen LogP contribution in [0.15, 0.2) is 0 Å². The molecular formula is C16H32N2O2. The van der Waals surface area contributed by atoms with Crippen LogP contribution in [-0.2, 0) is 4.79 Å². The number of carbonyl (C=O) groups is 1. The van der Waals surface area contributed by atoms with Gasteiger partial charge in [-0.2, -0.15) is 0 Å². The Bertz CT molecular complexity index is 322. The molecule has 0 aromatic rings. The van der Waals surface area contributed by atoms with E-state index in [0.717, 1.165) is 0 Å². The molecule has 1 fully saturated rings. The summed E-state index contributed by atoms with van der Waals surface area (Å²) in [6.45, 7) is 8.92. The number of nitrogens with zero attached hydrogens (tertiary/aromatic N) is 1. The van der Waals surface area contributed by atoms with E-state index >= 15 is 0 Å². The van der Waals surface area contributed by atoms with Gasteiger partial charge in [-0.25, -0.2) is 0 Å². The lowest BCUT2D eigenvalue weighted by molar-refractivity contribution is -0.145. The maximum absolute atomic E-state index is 11.5. The summed E-state index contributed by atoms with van der Waals surface area (Å²) >= 11 is 0. The Kier molecular flexibility index (Phi) is 6.46. The molecule has 0 radical (unpaired) electrons. The third-order valence-electron chi connectivity index (χ3n) is 5.03. The molecule has 0 bridgehead atoms. The Balaban J connectivity index is 2.67. The van der Waals surface area contributed by atoms with Crippen molar-refractivity contribution in [2.75, 3.05) is 13.6 Å². The van der Waals surface area contributed by atoms with E-state index in [1.807, 2.05) is 6.92 Å². The van der Waals surface area contributed by atoms with E-state index in [9.17, 15) is 9.90 Å². The molecule has 4 atom stereocenters. The Morgan fingerprint density at radius 3 is 2.55 bits per heavy atom. The molecule has 1 aliphatic carbocycles. The van der Waals surface area contributed by atoms with Gasteiger partial charge < -0.3 is 15.3 Å². The van der Waals surface area contributed by atoms with Crippen molar-refractivity contribution in [1.29, 1.82) is 0 Å². The van der Waals surface area contributed by atoms with Crippen LogP contribution in [0.5, 0.6) is 0 Å². The molecule has 20 heavy (non-hydrogen) atoms. The fraction of sp³-hybridized carbons (Fsp3) is 0.938. The van der Waals surface area contributed by atoms with Crippen LogP contribution in [0.25, 0.3) is 0 Å². The minimum absolute atomic E-state index is 0.265. The second kappa shape index (κ2) is 7.41. The Hall–Kier alpha value is -0.610. The molecule has 1 rings (SSSR count). The summed E-state index contributed by atoms with van der Waals surface area (Å²) in [5.41, 5.74) is -0.833. The molecule has 4 heteroatoms. The molecule has 0 saturated heterocycles. The van der Waals surface area contributed by atoms with Gasteiger partial charge in [-0.1, -0.05) is 26.7 Å². The number of aliphatic carboxylic acids is 1. The van der Waals surface area contributed by atoms with E-state index in [0.29, 0.717) is 24.9 Å². The van der Waals surface area contributed by atoms with Crippen molar-refractivity contribution in [3.05, 3.63) is 0 Å². The molecule has 0 spiro atoms. The smallest absolute Gasteiger partial charge is 0.323 e. The first kappa shape index (κ1) is 17.4. The first-order chi connectivity index (χ1) is 9.31. The molecule has 0 amide bonds. The Morgan fingerprint density at radius 2 is 2.05 bits per heavy atom. The second-order valence-electron chi connectivity index (χ2n) is 6.72. The summed E-state index contributed by atoms with van der Waals surface area (Å²) in [7, 11) is 2.16. The lowest BCUT2D eigenvalue weighted by Gasteiger charge is -2.41. The summed E-state index contributed by atoms with van der Waals surface area (Å²) in [6.07, 6.45) is 5.81. The zero-order valence-electron chi connectivity index (χ0n) is 13.8. The summed E-state index contributed by atoms with van der Waals surface area (Å²) in [6, 6.07) is 0.860. The number of hydrogen-bond acceptors (Lipinski definition) is 3. The van der Waals surface area contributed by atoms with Crippen molar-refractivity contribution >= 4 is 5.97 Å². The number of nitrogens with one attached hydrogen (secondary N) is 1. The molecule has 0 aromatic carbocycles. The zero-order valence-corrected chi connectivity index (χ0v) is 13.8. The Labute approximate surface area is 123 Å². The van der Waals surface area contributed by atoms with Crippen LogP contribution in [0.3, 0.4) is 0 Å². The normalized spacial score (nSPS) is 28.1. The highest BCUT2D eigenvalue weighted by Gasteiger charge is 2.36. The molecular weight excluding hydrogens is 252 g/mol. The summed E-state index contributed by atoms with van der Waals surface area (Å²) < 4.78 is 0. The van der Waals surface area contributed by atoms with E-state index in [1.54, 1.807) is 6.92 Å². The van der Waals surface area contributed by atoms with Gasteiger partial charge in [-0.15, -0.1) is 0 Å². The van der Waals surface area contributed by atoms with E-state index in [4.69, 9.17) is 0 Å². The lowest BCUT2D eigenvalue weighted by Crippen LogP contribution is -2.54. The first-order valence-electron chi connectivity index (χ1n) is 8.02. The van der Waals surface area contributed by atoms with E-state index < -0.39 is 11.5 Å². The highest BCUT2D eigenvalue weighted by molar-refractivity contribution is 5.78. The van der Waals surface area contributed by atoms with Gasteiger partial charge in [-0.05, 0) is 52.6 Å². The highest BCUT2D eigenvalue weighted by Crippen LogP contribution is 2.30. The van der Waals surface area contributed by atoms with Gasteiger partial charge in [0.15, 0.2) is 0 Å². The summed E-state index contributed by atoms with van der Waals surface area (Å²) in [4.78, 5) is 13.9. The number of carboxylic acid groups (broad SMARTS) is 1. The van der Waals surface area contributed by atoms with E-state index in [1.165, 1.54) is 25.7 Å². The van der Waals surface area contributed by atoms with Crippen LogP contribution in [0.4, 0.5) is 0 Å². The molecule has 0 aliphatic heterocycles. The fourth-order valence-corrected chi connectivity index (χ4v) is 3.59. The topological polar surface area (TPSA) is 52.6 Å². The molecule has 118 valence electrons. The maximum atomic E-state index is 11.5. The van der Waals surface area contributed by atoms with Crippen LogP contribution in [0.1, 0.15) is 59.8 Å². The molecule has 0 aromatic heterocycles. The molecule has 1 saturated carbocycles. The summed E-state index contributed by atoms with van der Waals surface area (Å²) in [5, 5.41) is 12.6. The van der Waals surface area contributed by atoms with Crippen LogP contribution in [0.2, 0.25) is 0 Å². The lowest BCUT2D eigenvalue weighted by atomic mass is 9.83. The number of rotatable bonds is 7. The van der Waals surface area contributed by atoms with Crippen molar-refractivity contribution in [2.45, 2.75) is 77.4 Å². The van der Waals surface area contributed by atoms with Gasteiger partial charge in [0, 0.05) is 12.1 Å². The van der Waals surface area contributed by atoms with Crippen molar-refractivity contribution in [1.82, 2.24) is 10.2 Å². The second-order valence-corrected chi connectivity index (χ2v) is 6.72. The van der Waals surface area contributed by atoms with Crippen LogP contribution >= 0.6 is 0 Å². The number of likely N-dealkylation sites (N-methyl/N-ethyl adjacent to an activating group) is 1. The monoisotopic (exact) mass is 284 g/mol. The molecule has 4 unspecified atom stereocenters. The first-order valence-corrected chi connectivity index (χ1v) is 8.02. The van der Waals surface area contributed by atoms with Gasteiger partial charge in [0.2, 0.25) is 0 Å². The largest absolute Gasteiger partial charge is 0.480 e. The quantitative estimate of drug-likeness (QED) is 0.755. The average molecular weight is 284 g/mol. The van der Waals surface area contributed by atoms with E-state index in [2.05, 4.69) is 31.1 Å². The maximum Gasteiger partial charge on any atom is 0.323 e. The van der Waals surface area contributed by atoms with Crippen LogP contribution in [-0.4, -0.2) is 47.2 Å². The number of carboxylic acids is 1. The SMILES string of the molecule is CCNC(C)(CC(C)N(C)C1CCCCC1C)C(=O)O. The number of hydrogen-bond donors (Lipinski definition) is 2. The van der Waals surface area contributed by atoms with Gasteiger partial charge in [-0.3, -0.25) is 4.79 Å². The average Bonchev–Trinajstić information content (AvgIpc) is 2.38. The van der Waals surface area contributed by atoms with Crippen LogP contribution < -0.4 is 5.32 Å². The third-order valence-corrected chi connectivity index (χ3v) is 5.03. The molecule has 0 heterocycles. The predicted octanol–water partition coefficient (Wildman–Crippen LogP) is 2.73. The minimum Gasteiger partial charge on any atom is -0.480 e. The highest BCUT2D eigenvalue weighted by atomic mass is 16.4. The van der Waals surface area contributed by atoms with Crippen molar-refractivity contribution in [3.8, 4) is 0 Å². The zero-order chi connectivity index (χ0) is 15.3. The van der Waals surface area contributed by atoms with Crippen molar-refractivity contribution < 1.29 is 9.90 Å². The standard InChI is InChI=1S/C16H32N2O2/c1-6-17-16(4,15(19)20)11-13(3)18(5)14-10-8-7-9-12(14)2/h12-14,17H,6-11H2,1-5H3,(H,19,20). The minimum atomic E-state index is -0.833. The van der Waals surface area contributed by atoms with Gasteiger partial charge in [0.25, 0.3) is 0 Å². The van der Waals surface area contributed by atoms with E-state index in [-0.39, 0.29) is 6.04 Å². The van der Waals surface area contributed by atoms with Gasteiger partial charge in [0.05, 0.1) is 0 Å². The third kappa shape index (κ3) is 4.19.